The molecule has 2 N–H and O–H groups in total. The predicted octanol–water partition coefficient (Wildman–Crippen LogP) is 1.66. The Morgan fingerprint density at radius 3 is 2.32 bits per heavy atom. The molecule has 1 aromatic carbocycles. The molecule has 1 aromatic rings. The number of amides is 1. The van der Waals surface area contributed by atoms with Gasteiger partial charge in [0.15, 0.2) is 6.04 Å². The minimum absolute atomic E-state index is 0.205. The summed E-state index contributed by atoms with van der Waals surface area (Å²) in [5, 5.41) is 12.6. The van der Waals surface area contributed by atoms with E-state index in [0.717, 1.165) is 5.56 Å². The highest BCUT2D eigenvalue weighted by Crippen LogP contribution is 2.10. The van der Waals surface area contributed by atoms with Crippen LogP contribution in [0.25, 0.3) is 0 Å². The fraction of sp³-hybridized carbons (Fsp3) is 0.500. The Bertz CT molecular complexity index is 495. The van der Waals surface area contributed by atoms with Crippen LogP contribution in [0.3, 0.4) is 0 Å². The number of alkyl carbamates (subject to hydrolysis) is 1. The summed E-state index contributed by atoms with van der Waals surface area (Å²) in [5.74, 6) is -0.728. The molecule has 0 saturated carbocycles. The second kappa shape index (κ2) is 7.79. The Hall–Kier alpha value is -2.08. The maximum absolute atomic E-state index is 11.8. The largest absolute Gasteiger partial charge is 0.467 e. The number of benzene rings is 1. The second-order valence-electron chi connectivity index (χ2n) is 5.90. The van der Waals surface area contributed by atoms with Crippen LogP contribution >= 0.6 is 0 Å². The molecule has 22 heavy (non-hydrogen) atoms. The summed E-state index contributed by atoms with van der Waals surface area (Å²) < 4.78 is 9.73. The van der Waals surface area contributed by atoms with Gasteiger partial charge in [-0.05, 0) is 26.3 Å². The second-order valence-corrected chi connectivity index (χ2v) is 5.90. The van der Waals surface area contributed by atoms with Crippen molar-refractivity contribution >= 4 is 12.1 Å². The van der Waals surface area contributed by atoms with E-state index in [1.807, 2.05) is 30.3 Å². The lowest BCUT2D eigenvalue weighted by atomic mass is 10.0. The monoisotopic (exact) mass is 309 g/mol. The SMILES string of the molecule is COC(=O)[C@@H](NC(=O)OC(C)(C)C)[C@H](O)Cc1ccccc1. The first-order valence-electron chi connectivity index (χ1n) is 7.02. The van der Waals surface area contributed by atoms with Gasteiger partial charge >= 0.3 is 12.1 Å². The van der Waals surface area contributed by atoms with Crippen molar-refractivity contribution in [3.63, 3.8) is 0 Å². The number of hydrogen-bond acceptors (Lipinski definition) is 5. The van der Waals surface area contributed by atoms with E-state index in [9.17, 15) is 14.7 Å². The minimum atomic E-state index is -1.19. The molecule has 0 unspecified atom stereocenters. The Labute approximate surface area is 130 Å². The number of rotatable bonds is 5. The molecular weight excluding hydrogens is 286 g/mol. The zero-order chi connectivity index (χ0) is 16.8. The minimum Gasteiger partial charge on any atom is -0.467 e. The van der Waals surface area contributed by atoms with Gasteiger partial charge in [-0.25, -0.2) is 9.59 Å². The van der Waals surface area contributed by atoms with Crippen molar-refractivity contribution in [1.29, 1.82) is 0 Å². The molecule has 0 aliphatic carbocycles. The third-order valence-corrected chi connectivity index (χ3v) is 2.80. The summed E-state index contributed by atoms with van der Waals surface area (Å²) in [6.07, 6.45) is -1.70. The number of esters is 1. The third kappa shape index (κ3) is 6.13. The molecule has 122 valence electrons. The van der Waals surface area contributed by atoms with Crippen LogP contribution in [-0.4, -0.2) is 42.0 Å². The molecule has 2 atom stereocenters. The van der Waals surface area contributed by atoms with Gasteiger partial charge in [-0.3, -0.25) is 0 Å². The number of ether oxygens (including phenoxy) is 2. The molecule has 0 spiro atoms. The van der Waals surface area contributed by atoms with Crippen molar-refractivity contribution in [2.75, 3.05) is 7.11 Å². The fourth-order valence-electron chi connectivity index (χ4n) is 1.85. The van der Waals surface area contributed by atoms with Crippen LogP contribution < -0.4 is 5.32 Å². The zero-order valence-electron chi connectivity index (χ0n) is 13.3. The van der Waals surface area contributed by atoms with Gasteiger partial charge in [0.25, 0.3) is 0 Å². The highest BCUT2D eigenvalue weighted by atomic mass is 16.6. The smallest absolute Gasteiger partial charge is 0.408 e. The van der Waals surface area contributed by atoms with Gasteiger partial charge in [-0.2, -0.15) is 0 Å². The van der Waals surface area contributed by atoms with E-state index >= 15 is 0 Å². The van der Waals surface area contributed by atoms with Gasteiger partial charge in [-0.15, -0.1) is 0 Å². The zero-order valence-corrected chi connectivity index (χ0v) is 13.3. The van der Waals surface area contributed by atoms with Gasteiger partial charge in [0, 0.05) is 6.42 Å². The highest BCUT2D eigenvalue weighted by molar-refractivity contribution is 5.82. The molecular formula is C16H23NO5. The number of aliphatic hydroxyl groups is 1. The summed E-state index contributed by atoms with van der Waals surface area (Å²) in [6, 6.07) is 7.97. The predicted molar refractivity (Wildman–Crippen MR) is 81.3 cm³/mol. The summed E-state index contributed by atoms with van der Waals surface area (Å²) in [7, 11) is 1.20. The van der Waals surface area contributed by atoms with Crippen molar-refractivity contribution in [3.05, 3.63) is 35.9 Å². The number of carbonyl (C=O) groups excluding carboxylic acids is 2. The van der Waals surface area contributed by atoms with E-state index in [4.69, 9.17) is 4.74 Å². The molecule has 0 heterocycles. The van der Waals surface area contributed by atoms with Crippen LogP contribution in [0.1, 0.15) is 26.3 Å². The first-order valence-corrected chi connectivity index (χ1v) is 7.02. The highest BCUT2D eigenvalue weighted by Gasteiger charge is 2.31. The first-order chi connectivity index (χ1) is 10.2. The van der Waals surface area contributed by atoms with E-state index in [0.29, 0.717) is 0 Å². The number of carbonyl (C=O) groups is 2. The summed E-state index contributed by atoms with van der Waals surface area (Å²) >= 11 is 0. The van der Waals surface area contributed by atoms with E-state index in [1.54, 1.807) is 20.8 Å². The van der Waals surface area contributed by atoms with E-state index < -0.39 is 29.8 Å². The molecule has 1 amide bonds. The molecule has 0 aliphatic rings. The van der Waals surface area contributed by atoms with Crippen LogP contribution in [0.4, 0.5) is 4.79 Å². The van der Waals surface area contributed by atoms with Gasteiger partial charge < -0.3 is 19.9 Å². The van der Waals surface area contributed by atoms with Crippen LogP contribution in [0, 0.1) is 0 Å². The van der Waals surface area contributed by atoms with Crippen molar-refractivity contribution in [1.82, 2.24) is 5.32 Å². The lowest BCUT2D eigenvalue weighted by Gasteiger charge is -2.25. The molecule has 1 rings (SSSR count). The lowest BCUT2D eigenvalue weighted by Crippen LogP contribution is -2.51. The maximum Gasteiger partial charge on any atom is 0.408 e. The average Bonchev–Trinajstić information content (AvgIpc) is 2.43. The standard InChI is InChI=1S/C16H23NO5/c1-16(2,3)22-15(20)17-13(14(19)21-4)12(18)10-11-8-6-5-7-9-11/h5-9,12-13,18H,10H2,1-4H3,(H,17,20)/t12-,13+/m1/s1. The molecule has 0 bridgehead atoms. The van der Waals surface area contributed by atoms with Crippen molar-refractivity contribution < 1.29 is 24.2 Å². The van der Waals surface area contributed by atoms with Gasteiger partial charge in [0.05, 0.1) is 13.2 Å². The van der Waals surface area contributed by atoms with Crippen LogP contribution in [0.2, 0.25) is 0 Å². The molecule has 0 radical (unpaired) electrons. The number of aliphatic hydroxyl groups excluding tert-OH is 1. The topological polar surface area (TPSA) is 84.9 Å². The van der Waals surface area contributed by atoms with Crippen molar-refractivity contribution in [3.8, 4) is 0 Å². The summed E-state index contributed by atoms with van der Waals surface area (Å²) in [6.45, 7) is 5.13. The quantitative estimate of drug-likeness (QED) is 0.808. The lowest BCUT2D eigenvalue weighted by molar-refractivity contribution is -0.146. The van der Waals surface area contributed by atoms with Crippen LogP contribution in [0.5, 0.6) is 0 Å². The normalized spacial score (nSPS) is 13.9. The molecule has 0 aliphatic heterocycles. The Balaban J connectivity index is 2.75. The molecule has 0 fully saturated rings. The van der Waals surface area contributed by atoms with E-state index in [1.165, 1.54) is 7.11 Å². The van der Waals surface area contributed by atoms with Crippen LogP contribution in [0.15, 0.2) is 30.3 Å². The molecule has 6 nitrogen and oxygen atoms in total. The third-order valence-electron chi connectivity index (χ3n) is 2.80. The van der Waals surface area contributed by atoms with Gasteiger partial charge in [0.1, 0.15) is 5.60 Å². The molecule has 0 saturated heterocycles. The summed E-state index contributed by atoms with van der Waals surface area (Å²) in [4.78, 5) is 23.6. The van der Waals surface area contributed by atoms with E-state index in [-0.39, 0.29) is 6.42 Å². The number of nitrogens with one attached hydrogen (secondary N) is 1. The van der Waals surface area contributed by atoms with E-state index in [2.05, 4.69) is 10.1 Å². The number of hydrogen-bond donors (Lipinski definition) is 2. The maximum atomic E-state index is 11.8. The number of methoxy groups -OCH3 is 1. The van der Waals surface area contributed by atoms with Crippen LogP contribution in [-0.2, 0) is 20.7 Å². The van der Waals surface area contributed by atoms with Crippen molar-refractivity contribution in [2.45, 2.75) is 44.9 Å². The van der Waals surface area contributed by atoms with Gasteiger partial charge in [-0.1, -0.05) is 30.3 Å². The van der Waals surface area contributed by atoms with Gasteiger partial charge in [0.2, 0.25) is 0 Å². The first kappa shape index (κ1) is 18.0. The van der Waals surface area contributed by atoms with Crippen molar-refractivity contribution in [2.24, 2.45) is 0 Å². The molecule has 6 heteroatoms. The average molecular weight is 309 g/mol. The Kier molecular flexibility index (Phi) is 6.37. The summed E-state index contributed by atoms with van der Waals surface area (Å²) in [5.41, 5.74) is 0.143. The molecule has 0 aromatic heterocycles. The Morgan fingerprint density at radius 2 is 1.82 bits per heavy atom. The Morgan fingerprint density at radius 1 is 1.23 bits per heavy atom. The fourth-order valence-corrected chi connectivity index (χ4v) is 1.85.